The first-order chi connectivity index (χ1) is 8.59. The minimum atomic E-state index is -0.234. The van der Waals surface area contributed by atoms with Crippen molar-refractivity contribution in [1.29, 1.82) is 0 Å². The van der Waals surface area contributed by atoms with Gasteiger partial charge in [-0.05, 0) is 39.5 Å². The fourth-order valence-electron chi connectivity index (χ4n) is 2.74. The van der Waals surface area contributed by atoms with Crippen molar-refractivity contribution in [1.82, 2.24) is 15.1 Å². The van der Waals surface area contributed by atoms with Crippen molar-refractivity contribution in [2.24, 2.45) is 0 Å². The highest BCUT2D eigenvalue weighted by atomic mass is 16.2. The number of carbonyl (C=O) groups excluding carboxylic acids is 2. The van der Waals surface area contributed by atoms with Gasteiger partial charge in [-0.15, -0.1) is 0 Å². The van der Waals surface area contributed by atoms with Gasteiger partial charge in [0.2, 0.25) is 5.91 Å². The summed E-state index contributed by atoms with van der Waals surface area (Å²) in [5.41, 5.74) is 0. The van der Waals surface area contributed by atoms with Gasteiger partial charge in [0.1, 0.15) is 6.04 Å². The Morgan fingerprint density at radius 2 is 1.78 bits per heavy atom. The van der Waals surface area contributed by atoms with E-state index in [9.17, 15) is 9.59 Å². The molecule has 0 bridgehead atoms. The van der Waals surface area contributed by atoms with Gasteiger partial charge >= 0.3 is 6.03 Å². The van der Waals surface area contributed by atoms with Crippen LogP contribution in [0.4, 0.5) is 4.79 Å². The molecule has 18 heavy (non-hydrogen) atoms. The number of hydrogen-bond acceptors (Lipinski definition) is 2. The number of urea groups is 1. The third kappa shape index (κ3) is 2.76. The lowest BCUT2D eigenvalue weighted by atomic mass is 10.2. The number of carbonyl (C=O) groups is 2. The van der Waals surface area contributed by atoms with Gasteiger partial charge in [0.15, 0.2) is 0 Å². The molecule has 2 fully saturated rings. The standard InChI is InChI=1S/C13H23N3O2/c1-10(2)14-13(18)16-9-5-6-11(16)12(17)15-7-3-4-8-15/h10-11H,3-9H2,1-2H3,(H,14,18)/t11-/m0/s1. The zero-order chi connectivity index (χ0) is 13.1. The minimum Gasteiger partial charge on any atom is -0.341 e. The van der Waals surface area contributed by atoms with Crippen molar-refractivity contribution in [3.63, 3.8) is 0 Å². The second-order valence-corrected chi connectivity index (χ2v) is 5.49. The number of amides is 3. The molecule has 2 aliphatic rings. The fraction of sp³-hybridized carbons (Fsp3) is 0.846. The predicted molar refractivity (Wildman–Crippen MR) is 69.2 cm³/mol. The molecular formula is C13H23N3O2. The summed E-state index contributed by atoms with van der Waals surface area (Å²) in [6.45, 7) is 6.28. The average Bonchev–Trinajstić information content (AvgIpc) is 2.98. The van der Waals surface area contributed by atoms with E-state index in [-0.39, 0.29) is 24.0 Å². The lowest BCUT2D eigenvalue weighted by molar-refractivity contribution is -0.134. The maximum atomic E-state index is 12.4. The van der Waals surface area contributed by atoms with Crippen LogP contribution in [0.5, 0.6) is 0 Å². The van der Waals surface area contributed by atoms with E-state index in [1.54, 1.807) is 4.90 Å². The van der Waals surface area contributed by atoms with Crippen LogP contribution in [0.1, 0.15) is 39.5 Å². The Morgan fingerprint density at radius 1 is 1.11 bits per heavy atom. The van der Waals surface area contributed by atoms with Crippen LogP contribution in [0.25, 0.3) is 0 Å². The zero-order valence-electron chi connectivity index (χ0n) is 11.3. The number of nitrogens with zero attached hydrogens (tertiary/aromatic N) is 2. The van der Waals surface area contributed by atoms with Gasteiger partial charge in [0.25, 0.3) is 0 Å². The third-order valence-electron chi connectivity index (χ3n) is 3.63. The van der Waals surface area contributed by atoms with Crippen LogP contribution in [0.15, 0.2) is 0 Å². The predicted octanol–water partition coefficient (Wildman–Crippen LogP) is 1.19. The van der Waals surface area contributed by atoms with Crippen LogP contribution >= 0.6 is 0 Å². The Hall–Kier alpha value is -1.26. The molecule has 0 aromatic rings. The highest BCUT2D eigenvalue weighted by Gasteiger charge is 2.37. The molecule has 2 heterocycles. The molecule has 1 atom stereocenters. The lowest BCUT2D eigenvalue weighted by Crippen LogP contribution is -2.51. The van der Waals surface area contributed by atoms with E-state index in [1.807, 2.05) is 18.7 Å². The number of likely N-dealkylation sites (tertiary alicyclic amines) is 2. The normalized spacial score (nSPS) is 23.8. The summed E-state index contributed by atoms with van der Waals surface area (Å²) in [5, 5.41) is 2.88. The van der Waals surface area contributed by atoms with Gasteiger partial charge in [0, 0.05) is 25.7 Å². The number of rotatable bonds is 2. The first-order valence-electron chi connectivity index (χ1n) is 6.95. The van der Waals surface area contributed by atoms with Gasteiger partial charge in [-0.2, -0.15) is 0 Å². The van der Waals surface area contributed by atoms with Crippen LogP contribution in [-0.4, -0.2) is 53.5 Å². The van der Waals surface area contributed by atoms with Crippen LogP contribution in [-0.2, 0) is 4.79 Å². The van der Waals surface area contributed by atoms with Gasteiger partial charge in [-0.25, -0.2) is 4.79 Å². The van der Waals surface area contributed by atoms with Crippen molar-refractivity contribution in [3.8, 4) is 0 Å². The zero-order valence-corrected chi connectivity index (χ0v) is 11.3. The van der Waals surface area contributed by atoms with E-state index in [0.29, 0.717) is 6.54 Å². The molecule has 0 unspecified atom stereocenters. The second-order valence-electron chi connectivity index (χ2n) is 5.49. The first kappa shape index (κ1) is 13.2. The van der Waals surface area contributed by atoms with Gasteiger partial charge in [0.05, 0.1) is 0 Å². The summed E-state index contributed by atoms with van der Waals surface area (Å²) in [6, 6.07) is -0.220. The van der Waals surface area contributed by atoms with Crippen LogP contribution < -0.4 is 5.32 Å². The molecule has 5 nitrogen and oxygen atoms in total. The Labute approximate surface area is 108 Å². The minimum absolute atomic E-state index is 0.0972. The van der Waals surface area contributed by atoms with Crippen LogP contribution in [0.3, 0.4) is 0 Å². The third-order valence-corrected chi connectivity index (χ3v) is 3.63. The molecule has 1 N–H and O–H groups in total. The maximum absolute atomic E-state index is 12.4. The molecule has 2 rings (SSSR count). The van der Waals surface area contributed by atoms with Crippen molar-refractivity contribution in [3.05, 3.63) is 0 Å². The fourth-order valence-corrected chi connectivity index (χ4v) is 2.74. The van der Waals surface area contributed by atoms with Crippen LogP contribution in [0, 0.1) is 0 Å². The molecule has 0 saturated carbocycles. The lowest BCUT2D eigenvalue weighted by Gasteiger charge is -2.28. The summed E-state index contributed by atoms with van der Waals surface area (Å²) in [4.78, 5) is 28.0. The van der Waals surface area contributed by atoms with Gasteiger partial charge in [-0.3, -0.25) is 4.79 Å². The summed E-state index contributed by atoms with van der Waals surface area (Å²) in [7, 11) is 0. The smallest absolute Gasteiger partial charge is 0.318 e. The maximum Gasteiger partial charge on any atom is 0.318 e. The van der Waals surface area contributed by atoms with E-state index >= 15 is 0 Å². The largest absolute Gasteiger partial charge is 0.341 e. The highest BCUT2D eigenvalue weighted by molar-refractivity contribution is 5.87. The second kappa shape index (κ2) is 5.59. The van der Waals surface area contributed by atoms with Crippen molar-refractivity contribution >= 4 is 11.9 Å². The molecule has 3 amide bonds. The summed E-state index contributed by atoms with van der Waals surface area (Å²) >= 11 is 0. The monoisotopic (exact) mass is 253 g/mol. The number of nitrogens with one attached hydrogen (secondary N) is 1. The van der Waals surface area contributed by atoms with E-state index in [2.05, 4.69) is 5.32 Å². The SMILES string of the molecule is CC(C)NC(=O)N1CCC[C@H]1C(=O)N1CCCC1. The molecule has 0 spiro atoms. The highest BCUT2D eigenvalue weighted by Crippen LogP contribution is 2.21. The van der Waals surface area contributed by atoms with Crippen molar-refractivity contribution in [2.75, 3.05) is 19.6 Å². The van der Waals surface area contributed by atoms with E-state index in [0.717, 1.165) is 38.8 Å². The molecule has 2 aliphatic heterocycles. The Morgan fingerprint density at radius 3 is 2.39 bits per heavy atom. The molecule has 0 aromatic carbocycles. The molecule has 0 radical (unpaired) electrons. The van der Waals surface area contributed by atoms with Crippen molar-refractivity contribution in [2.45, 2.75) is 51.6 Å². The molecular weight excluding hydrogens is 230 g/mol. The quantitative estimate of drug-likeness (QED) is 0.803. The topological polar surface area (TPSA) is 52.7 Å². The molecule has 2 saturated heterocycles. The number of hydrogen-bond donors (Lipinski definition) is 1. The van der Waals surface area contributed by atoms with Gasteiger partial charge in [-0.1, -0.05) is 0 Å². The average molecular weight is 253 g/mol. The van der Waals surface area contributed by atoms with Gasteiger partial charge < -0.3 is 15.1 Å². The summed E-state index contributed by atoms with van der Waals surface area (Å²) in [5.74, 6) is 0.143. The Kier molecular flexibility index (Phi) is 4.09. The van der Waals surface area contributed by atoms with Crippen molar-refractivity contribution < 1.29 is 9.59 Å². The molecule has 102 valence electrons. The molecule has 0 aromatic heterocycles. The molecule has 5 heteroatoms. The first-order valence-corrected chi connectivity index (χ1v) is 6.95. The molecule has 0 aliphatic carbocycles. The summed E-state index contributed by atoms with van der Waals surface area (Å²) < 4.78 is 0. The Balaban J connectivity index is 1.98. The van der Waals surface area contributed by atoms with Crippen LogP contribution in [0.2, 0.25) is 0 Å². The Bertz CT molecular complexity index is 324. The summed E-state index contributed by atoms with van der Waals surface area (Å²) in [6.07, 6.45) is 3.92. The van der Waals surface area contributed by atoms with E-state index in [1.165, 1.54) is 0 Å². The van der Waals surface area contributed by atoms with E-state index < -0.39 is 0 Å². The van der Waals surface area contributed by atoms with E-state index in [4.69, 9.17) is 0 Å².